The van der Waals surface area contributed by atoms with Gasteiger partial charge in [-0.1, -0.05) is 36.8 Å². The van der Waals surface area contributed by atoms with Crippen molar-refractivity contribution >= 4 is 11.7 Å². The number of hydrogen-bond acceptors (Lipinski definition) is 2. The van der Waals surface area contributed by atoms with Gasteiger partial charge in [0, 0.05) is 12.5 Å². The highest BCUT2D eigenvalue weighted by molar-refractivity contribution is 5.89. The minimum Gasteiger partial charge on any atom is -0.311 e. The molecule has 0 spiro atoms. The number of aryl methyl sites for hydroxylation is 2. The average molecular weight is 285 g/mol. The van der Waals surface area contributed by atoms with E-state index in [1.165, 1.54) is 11.1 Å². The normalized spacial score (nSPS) is 12.1. The van der Waals surface area contributed by atoms with Crippen LogP contribution >= 0.6 is 0 Å². The first-order valence-electron chi connectivity index (χ1n) is 7.49. The number of rotatable bonds is 6. The van der Waals surface area contributed by atoms with E-state index < -0.39 is 0 Å². The first-order chi connectivity index (χ1) is 10.1. The van der Waals surface area contributed by atoms with Crippen LogP contribution in [0.3, 0.4) is 0 Å². The number of aromatic nitrogens is 2. The Morgan fingerprint density at radius 2 is 2.00 bits per heavy atom. The summed E-state index contributed by atoms with van der Waals surface area (Å²) < 4.78 is 1.86. The SMILES string of the molecule is CCC(C)n1nccc1NC(=O)CCc1ccc(C)cc1. The van der Waals surface area contributed by atoms with Crippen LogP contribution in [-0.4, -0.2) is 15.7 Å². The Morgan fingerprint density at radius 3 is 2.67 bits per heavy atom. The molecule has 4 heteroatoms. The maximum atomic E-state index is 12.1. The predicted molar refractivity (Wildman–Crippen MR) is 85.4 cm³/mol. The molecule has 1 unspecified atom stereocenters. The molecular formula is C17H23N3O. The quantitative estimate of drug-likeness (QED) is 0.879. The van der Waals surface area contributed by atoms with E-state index in [2.05, 4.69) is 55.5 Å². The minimum atomic E-state index is 0.0284. The first kappa shape index (κ1) is 15.3. The molecular weight excluding hydrogens is 262 g/mol. The number of hydrogen-bond donors (Lipinski definition) is 1. The molecule has 0 radical (unpaired) electrons. The molecule has 0 fully saturated rings. The lowest BCUT2D eigenvalue weighted by Gasteiger charge is -2.14. The second kappa shape index (κ2) is 7.07. The molecule has 21 heavy (non-hydrogen) atoms. The van der Waals surface area contributed by atoms with Gasteiger partial charge in [0.05, 0.1) is 12.2 Å². The van der Waals surface area contributed by atoms with Crippen LogP contribution in [0.2, 0.25) is 0 Å². The number of carbonyl (C=O) groups is 1. The Balaban J connectivity index is 1.90. The van der Waals surface area contributed by atoms with E-state index >= 15 is 0 Å². The van der Waals surface area contributed by atoms with Crippen molar-refractivity contribution in [1.29, 1.82) is 0 Å². The van der Waals surface area contributed by atoms with Crippen molar-refractivity contribution in [3.05, 3.63) is 47.7 Å². The van der Waals surface area contributed by atoms with Gasteiger partial charge >= 0.3 is 0 Å². The topological polar surface area (TPSA) is 46.9 Å². The summed E-state index contributed by atoms with van der Waals surface area (Å²) in [5, 5.41) is 7.22. The maximum absolute atomic E-state index is 12.1. The molecule has 1 heterocycles. The molecule has 112 valence electrons. The van der Waals surface area contributed by atoms with E-state index in [0.29, 0.717) is 6.42 Å². The molecule has 0 aliphatic heterocycles. The lowest BCUT2D eigenvalue weighted by molar-refractivity contribution is -0.116. The molecule has 2 aromatic rings. The van der Waals surface area contributed by atoms with Crippen molar-refractivity contribution in [2.75, 3.05) is 5.32 Å². The van der Waals surface area contributed by atoms with Gasteiger partial charge in [0.1, 0.15) is 5.82 Å². The summed E-state index contributed by atoms with van der Waals surface area (Å²) in [6.45, 7) is 6.26. The van der Waals surface area contributed by atoms with Crippen LogP contribution in [0, 0.1) is 6.92 Å². The van der Waals surface area contributed by atoms with E-state index in [0.717, 1.165) is 18.7 Å². The highest BCUT2D eigenvalue weighted by atomic mass is 16.1. The van der Waals surface area contributed by atoms with Crippen molar-refractivity contribution in [2.45, 2.75) is 46.1 Å². The van der Waals surface area contributed by atoms with Gasteiger partial charge in [-0.3, -0.25) is 4.79 Å². The molecule has 0 bridgehead atoms. The fourth-order valence-electron chi connectivity index (χ4n) is 2.16. The van der Waals surface area contributed by atoms with Gasteiger partial charge in [-0.05, 0) is 32.3 Å². The number of carbonyl (C=O) groups excluding carboxylic acids is 1. The van der Waals surface area contributed by atoms with Gasteiger partial charge in [0.15, 0.2) is 0 Å². The monoisotopic (exact) mass is 285 g/mol. The molecule has 2 rings (SSSR count). The van der Waals surface area contributed by atoms with Gasteiger partial charge in [-0.15, -0.1) is 0 Å². The summed E-state index contributed by atoms with van der Waals surface area (Å²) >= 11 is 0. The standard InChI is InChI=1S/C17H23N3O/c1-4-14(3)20-16(11-12-18-20)19-17(21)10-9-15-7-5-13(2)6-8-15/h5-8,11-12,14H,4,9-10H2,1-3H3,(H,19,21). The minimum absolute atomic E-state index is 0.0284. The van der Waals surface area contributed by atoms with E-state index in [1.807, 2.05) is 10.7 Å². The molecule has 0 aliphatic rings. The molecule has 4 nitrogen and oxygen atoms in total. The molecule has 0 aliphatic carbocycles. The third kappa shape index (κ3) is 4.18. The Hall–Kier alpha value is -2.10. The Kier molecular flexibility index (Phi) is 5.14. The largest absolute Gasteiger partial charge is 0.311 e. The van der Waals surface area contributed by atoms with Gasteiger partial charge in [-0.2, -0.15) is 5.10 Å². The van der Waals surface area contributed by atoms with Crippen molar-refractivity contribution < 1.29 is 4.79 Å². The summed E-state index contributed by atoms with van der Waals surface area (Å²) in [7, 11) is 0. The van der Waals surface area contributed by atoms with Crippen molar-refractivity contribution in [2.24, 2.45) is 0 Å². The fraction of sp³-hybridized carbons (Fsp3) is 0.412. The van der Waals surface area contributed by atoms with Crippen LogP contribution < -0.4 is 5.32 Å². The zero-order chi connectivity index (χ0) is 15.2. The van der Waals surface area contributed by atoms with E-state index in [1.54, 1.807) is 6.20 Å². The molecule has 0 saturated carbocycles. The fourth-order valence-corrected chi connectivity index (χ4v) is 2.16. The zero-order valence-corrected chi connectivity index (χ0v) is 13.0. The summed E-state index contributed by atoms with van der Waals surface area (Å²) in [4.78, 5) is 12.1. The molecule has 1 aromatic heterocycles. The van der Waals surface area contributed by atoms with Crippen LogP contribution in [0.15, 0.2) is 36.5 Å². The number of benzene rings is 1. The van der Waals surface area contributed by atoms with Gasteiger partial charge in [-0.25, -0.2) is 4.68 Å². The van der Waals surface area contributed by atoms with E-state index in [9.17, 15) is 4.79 Å². The highest BCUT2D eigenvalue weighted by Gasteiger charge is 2.11. The molecule has 1 atom stereocenters. The molecule has 1 N–H and O–H groups in total. The number of nitrogens with one attached hydrogen (secondary N) is 1. The van der Waals surface area contributed by atoms with Gasteiger partial charge < -0.3 is 5.32 Å². The third-order valence-corrected chi connectivity index (χ3v) is 3.71. The predicted octanol–water partition coefficient (Wildman–Crippen LogP) is 3.73. The van der Waals surface area contributed by atoms with Gasteiger partial charge in [0.2, 0.25) is 5.91 Å². The second-order valence-electron chi connectivity index (χ2n) is 5.45. The second-order valence-corrected chi connectivity index (χ2v) is 5.45. The average Bonchev–Trinajstić information content (AvgIpc) is 2.94. The first-order valence-corrected chi connectivity index (χ1v) is 7.49. The van der Waals surface area contributed by atoms with Gasteiger partial charge in [0.25, 0.3) is 0 Å². The lowest BCUT2D eigenvalue weighted by atomic mass is 10.1. The Bertz CT molecular complexity index is 586. The highest BCUT2D eigenvalue weighted by Crippen LogP contribution is 2.16. The smallest absolute Gasteiger partial charge is 0.225 e. The summed E-state index contributed by atoms with van der Waals surface area (Å²) in [6, 6.07) is 10.4. The van der Waals surface area contributed by atoms with Crippen molar-refractivity contribution in [3.63, 3.8) is 0 Å². The van der Waals surface area contributed by atoms with Crippen LogP contribution in [0.25, 0.3) is 0 Å². The van der Waals surface area contributed by atoms with Crippen LogP contribution in [-0.2, 0) is 11.2 Å². The van der Waals surface area contributed by atoms with E-state index in [4.69, 9.17) is 0 Å². The molecule has 1 amide bonds. The zero-order valence-electron chi connectivity index (χ0n) is 13.0. The van der Waals surface area contributed by atoms with E-state index in [-0.39, 0.29) is 11.9 Å². The summed E-state index contributed by atoms with van der Waals surface area (Å²) in [5.41, 5.74) is 2.42. The molecule has 1 aromatic carbocycles. The Labute approximate surface area is 126 Å². The lowest BCUT2D eigenvalue weighted by Crippen LogP contribution is -2.17. The summed E-state index contributed by atoms with van der Waals surface area (Å²) in [6.07, 6.45) is 3.94. The number of nitrogens with zero attached hydrogens (tertiary/aromatic N) is 2. The Morgan fingerprint density at radius 1 is 1.29 bits per heavy atom. The number of amides is 1. The van der Waals surface area contributed by atoms with Crippen LogP contribution in [0.1, 0.15) is 43.9 Å². The molecule has 0 saturated heterocycles. The third-order valence-electron chi connectivity index (χ3n) is 3.71. The number of anilines is 1. The van der Waals surface area contributed by atoms with Crippen molar-refractivity contribution in [3.8, 4) is 0 Å². The van der Waals surface area contributed by atoms with Crippen LogP contribution in [0.4, 0.5) is 5.82 Å². The summed E-state index contributed by atoms with van der Waals surface area (Å²) in [5.74, 6) is 0.805. The maximum Gasteiger partial charge on any atom is 0.225 e. The van der Waals surface area contributed by atoms with Crippen LogP contribution in [0.5, 0.6) is 0 Å². The van der Waals surface area contributed by atoms with Crippen molar-refractivity contribution in [1.82, 2.24) is 9.78 Å².